The SMILES string of the molecule is CC[C@H](C)[C@@H]1NC(=O)[C@@H]2CCCN2C(=O)[C@H](CC(C)C)NC(=O)[C@@H]2CCCN2C(=O)[C@H](CO)NC(=O)[C@H](Cc2ccc(O)cc2)NC(=O)[C@H](Cc2ccccc2)NC(=O)[C@@H]2CCCN2C(=O)[C@@H]2CCCN2C1=O. The van der Waals surface area contributed by atoms with Crippen LogP contribution in [0.2, 0.25) is 0 Å². The minimum Gasteiger partial charge on any atom is -0.508 e. The standard InChI is InChI=1S/C53H73N9O11/c1-5-32(4)44-53(73)62-26-12-18-43(62)52(72)61-25-11-16-41(61)47(67)55-37(28-33-13-7-6-8-14-33)45(65)54-36(29-34-19-21-35(64)22-20-34)46(66)57-39(30-63)51(71)60-24-9-15-40(60)48(68)56-38(27-31(2)3)50(70)59-23-10-17-42(59)49(69)58-44/h6-8,13-14,19-22,31-32,36-44,63-64H,5,9-12,15-18,23-30H2,1-4H3,(H,54,65)(H,55,67)(H,56,68)(H,57,66)(H,58,69)/t32-,36-,37-,38-,39-,40-,41-,42-,43-,44-/m0/s1. The molecule has 20 heteroatoms. The summed E-state index contributed by atoms with van der Waals surface area (Å²) in [6, 6.07) is 4.52. The third-order valence-corrected chi connectivity index (χ3v) is 15.2. The number of fused-ring (bicyclic) bond motifs is 4. The number of carbonyl (C=O) groups excluding carboxylic acids is 9. The first-order chi connectivity index (χ1) is 35.0. The molecule has 2 aromatic rings. The van der Waals surface area contributed by atoms with E-state index in [1.165, 1.54) is 31.7 Å². The molecule has 0 bridgehead atoms. The highest BCUT2D eigenvalue weighted by Gasteiger charge is 2.47. The van der Waals surface area contributed by atoms with E-state index in [2.05, 4.69) is 26.6 Å². The lowest BCUT2D eigenvalue weighted by atomic mass is 9.96. The summed E-state index contributed by atoms with van der Waals surface area (Å²) < 4.78 is 0. The highest BCUT2D eigenvalue weighted by Crippen LogP contribution is 2.29. The van der Waals surface area contributed by atoms with Gasteiger partial charge in [0, 0.05) is 39.0 Å². The number of rotatable bonds is 9. The number of phenolic OH excluding ortho intramolecular Hbond substituents is 1. The van der Waals surface area contributed by atoms with Crippen molar-refractivity contribution in [3.05, 3.63) is 65.7 Å². The molecule has 5 aliphatic rings. The Morgan fingerprint density at radius 3 is 1.40 bits per heavy atom. The van der Waals surface area contributed by atoms with Crippen LogP contribution in [0.4, 0.5) is 0 Å². The molecule has 396 valence electrons. The van der Waals surface area contributed by atoms with Crippen molar-refractivity contribution in [2.24, 2.45) is 11.8 Å². The third-order valence-electron chi connectivity index (χ3n) is 15.2. The number of phenols is 1. The number of aliphatic hydroxyl groups is 1. The molecule has 2 aromatic carbocycles. The predicted molar refractivity (Wildman–Crippen MR) is 267 cm³/mol. The zero-order valence-corrected chi connectivity index (χ0v) is 42.4. The van der Waals surface area contributed by atoms with Crippen molar-refractivity contribution >= 4 is 53.2 Å². The van der Waals surface area contributed by atoms with Gasteiger partial charge in [0.15, 0.2) is 0 Å². The molecule has 0 aromatic heterocycles. The van der Waals surface area contributed by atoms with Crippen molar-refractivity contribution in [3.8, 4) is 5.75 Å². The molecule has 7 N–H and O–H groups in total. The molecule has 0 unspecified atom stereocenters. The smallest absolute Gasteiger partial charge is 0.248 e. The van der Waals surface area contributed by atoms with Crippen LogP contribution in [0.5, 0.6) is 5.75 Å². The number of carbonyl (C=O) groups is 9. The lowest BCUT2D eigenvalue weighted by Crippen LogP contribution is -2.61. The van der Waals surface area contributed by atoms with Gasteiger partial charge in [0.25, 0.3) is 0 Å². The monoisotopic (exact) mass is 1010 g/mol. The molecular formula is C53H73N9O11. The molecule has 0 saturated carbocycles. The van der Waals surface area contributed by atoms with E-state index in [0.29, 0.717) is 56.1 Å². The van der Waals surface area contributed by atoms with Crippen LogP contribution in [0.1, 0.15) is 103 Å². The van der Waals surface area contributed by atoms with E-state index in [4.69, 9.17) is 0 Å². The molecule has 20 nitrogen and oxygen atoms in total. The number of amides is 9. The number of aliphatic hydroxyl groups excluding tert-OH is 1. The van der Waals surface area contributed by atoms with Crippen molar-refractivity contribution in [2.75, 3.05) is 32.8 Å². The Balaban J connectivity index is 1.25. The van der Waals surface area contributed by atoms with Gasteiger partial charge in [-0.15, -0.1) is 0 Å². The molecule has 0 radical (unpaired) electrons. The van der Waals surface area contributed by atoms with Crippen LogP contribution in [-0.4, -0.2) is 170 Å². The predicted octanol–water partition coefficient (Wildman–Crippen LogP) is 0.664. The summed E-state index contributed by atoms with van der Waals surface area (Å²) in [5, 5.41) is 34.8. The lowest BCUT2D eigenvalue weighted by molar-refractivity contribution is -0.149. The fourth-order valence-electron chi connectivity index (χ4n) is 11.0. The quantitative estimate of drug-likeness (QED) is 0.184. The summed E-state index contributed by atoms with van der Waals surface area (Å²) in [5.41, 5.74) is 1.19. The van der Waals surface area contributed by atoms with E-state index < -0.39 is 114 Å². The van der Waals surface area contributed by atoms with Gasteiger partial charge in [-0.2, -0.15) is 0 Å². The number of benzene rings is 2. The van der Waals surface area contributed by atoms with Crippen LogP contribution in [-0.2, 0) is 56.0 Å². The molecule has 0 spiro atoms. The highest BCUT2D eigenvalue weighted by molar-refractivity contribution is 6.00. The summed E-state index contributed by atoms with van der Waals surface area (Å²) in [7, 11) is 0. The Bertz CT molecular complexity index is 2350. The van der Waals surface area contributed by atoms with E-state index in [9.17, 15) is 53.4 Å². The first-order valence-electron chi connectivity index (χ1n) is 26.2. The molecule has 73 heavy (non-hydrogen) atoms. The first-order valence-corrected chi connectivity index (χ1v) is 26.2. The van der Waals surface area contributed by atoms with Gasteiger partial charge < -0.3 is 56.4 Å². The van der Waals surface area contributed by atoms with E-state index in [-0.39, 0.29) is 75.9 Å². The van der Waals surface area contributed by atoms with E-state index in [0.717, 1.165) is 0 Å². The highest BCUT2D eigenvalue weighted by atomic mass is 16.3. The molecular weight excluding hydrogens is 939 g/mol. The second kappa shape index (κ2) is 24.4. The third kappa shape index (κ3) is 12.8. The first kappa shape index (κ1) is 54.2. The number of hydrogen-bond donors (Lipinski definition) is 7. The molecule has 5 aliphatic heterocycles. The van der Waals surface area contributed by atoms with Crippen LogP contribution in [0.15, 0.2) is 54.6 Å². The number of nitrogens with one attached hydrogen (secondary N) is 5. The normalized spacial score (nSPS) is 28.9. The average Bonchev–Trinajstić information content (AvgIpc) is 4.24. The van der Waals surface area contributed by atoms with Gasteiger partial charge in [-0.25, -0.2) is 0 Å². The van der Waals surface area contributed by atoms with E-state index >= 15 is 0 Å². The van der Waals surface area contributed by atoms with Crippen LogP contribution in [0.25, 0.3) is 0 Å². The Kier molecular flexibility index (Phi) is 18.1. The fraction of sp³-hybridized carbons (Fsp3) is 0.604. The minimum atomic E-state index is -1.56. The van der Waals surface area contributed by atoms with E-state index in [1.807, 2.05) is 27.7 Å². The van der Waals surface area contributed by atoms with Gasteiger partial charge in [0.2, 0.25) is 53.2 Å². The van der Waals surface area contributed by atoms with Crippen molar-refractivity contribution < 1.29 is 53.4 Å². The second-order valence-electron chi connectivity index (χ2n) is 20.7. The van der Waals surface area contributed by atoms with Gasteiger partial charge >= 0.3 is 0 Å². The van der Waals surface area contributed by atoms with Gasteiger partial charge in [0.05, 0.1) is 6.61 Å². The fourth-order valence-corrected chi connectivity index (χ4v) is 11.0. The Hall–Kier alpha value is -6.57. The van der Waals surface area contributed by atoms with Crippen molar-refractivity contribution in [1.29, 1.82) is 0 Å². The van der Waals surface area contributed by atoms with Gasteiger partial charge in [-0.1, -0.05) is 76.6 Å². The Morgan fingerprint density at radius 2 is 0.904 bits per heavy atom. The number of aromatic hydroxyl groups is 1. The molecule has 5 heterocycles. The number of nitrogens with zero attached hydrogens (tertiary/aromatic N) is 4. The zero-order chi connectivity index (χ0) is 52.5. The Labute approximate surface area is 426 Å². The van der Waals surface area contributed by atoms with Gasteiger partial charge in [-0.05, 0) is 92.9 Å². The van der Waals surface area contributed by atoms with Gasteiger partial charge in [0.1, 0.15) is 60.1 Å². The maximum atomic E-state index is 14.7. The summed E-state index contributed by atoms with van der Waals surface area (Å²) in [5.74, 6) is -5.98. The second-order valence-corrected chi connectivity index (χ2v) is 20.7. The summed E-state index contributed by atoms with van der Waals surface area (Å²) in [4.78, 5) is 136. The molecule has 5 fully saturated rings. The molecule has 7 rings (SSSR count). The van der Waals surface area contributed by atoms with Crippen LogP contribution < -0.4 is 26.6 Å². The maximum Gasteiger partial charge on any atom is 0.248 e. The minimum absolute atomic E-state index is 0.0152. The van der Waals surface area contributed by atoms with E-state index in [1.54, 1.807) is 42.5 Å². The van der Waals surface area contributed by atoms with Crippen LogP contribution in [0.3, 0.4) is 0 Å². The van der Waals surface area contributed by atoms with Crippen molar-refractivity contribution in [2.45, 2.75) is 159 Å². The van der Waals surface area contributed by atoms with Gasteiger partial charge in [-0.3, -0.25) is 43.2 Å². The Morgan fingerprint density at radius 1 is 0.493 bits per heavy atom. The van der Waals surface area contributed by atoms with Crippen molar-refractivity contribution in [3.63, 3.8) is 0 Å². The zero-order valence-electron chi connectivity index (χ0n) is 42.4. The largest absolute Gasteiger partial charge is 0.508 e. The average molecular weight is 1010 g/mol. The molecule has 5 saturated heterocycles. The summed E-state index contributed by atoms with van der Waals surface area (Å²) in [6.07, 6.45) is 3.58. The topological polar surface area (TPSA) is 267 Å². The lowest BCUT2D eigenvalue weighted by Gasteiger charge is -2.35. The maximum absolute atomic E-state index is 14.7. The number of hydrogen-bond acceptors (Lipinski definition) is 11. The summed E-state index contributed by atoms with van der Waals surface area (Å²) >= 11 is 0. The molecule has 10 atom stereocenters. The van der Waals surface area contributed by atoms with Crippen molar-refractivity contribution in [1.82, 2.24) is 46.2 Å². The van der Waals surface area contributed by atoms with Crippen LogP contribution >= 0.6 is 0 Å². The molecule has 0 aliphatic carbocycles. The molecule has 9 amide bonds. The van der Waals surface area contributed by atoms with Crippen LogP contribution in [0, 0.1) is 11.8 Å². The summed E-state index contributed by atoms with van der Waals surface area (Å²) in [6.45, 7) is 7.44.